The number of pyridine rings is 1. The molecule has 28 heavy (non-hydrogen) atoms. The SMILES string of the molecule is S=C(Nc1cccnc1)N1CC[NH+](C(c2ccccc2)c2ccccc2)CC1. The van der Waals surface area contributed by atoms with E-state index < -0.39 is 0 Å². The maximum atomic E-state index is 5.63. The molecule has 1 aliphatic rings. The van der Waals surface area contributed by atoms with E-state index in [1.165, 1.54) is 11.1 Å². The Kier molecular flexibility index (Phi) is 5.95. The van der Waals surface area contributed by atoms with Gasteiger partial charge in [-0.2, -0.15) is 0 Å². The number of nitrogens with zero attached hydrogens (tertiary/aromatic N) is 2. The van der Waals surface area contributed by atoms with Gasteiger partial charge in [-0.25, -0.2) is 0 Å². The lowest BCUT2D eigenvalue weighted by molar-refractivity contribution is -0.929. The maximum Gasteiger partial charge on any atom is 0.173 e. The standard InChI is InChI=1S/C23H24N4S/c28-23(25-21-12-7-13-24-18-21)27-16-14-26(15-17-27)22(19-8-3-1-4-9-19)20-10-5-2-6-11-20/h1-13,18,22H,14-17H2,(H,25,28)/p+1. The lowest BCUT2D eigenvalue weighted by Gasteiger charge is -2.38. The van der Waals surface area contributed by atoms with Crippen molar-refractivity contribution >= 4 is 23.0 Å². The molecule has 0 spiro atoms. The summed E-state index contributed by atoms with van der Waals surface area (Å²) in [6.45, 7) is 3.97. The number of rotatable bonds is 4. The van der Waals surface area contributed by atoms with Gasteiger partial charge in [0.15, 0.2) is 5.11 Å². The molecule has 0 radical (unpaired) electrons. The van der Waals surface area contributed by atoms with Crippen molar-refractivity contribution < 1.29 is 4.90 Å². The minimum Gasteiger partial charge on any atom is -0.338 e. The minimum atomic E-state index is 0.351. The van der Waals surface area contributed by atoms with Gasteiger partial charge in [0, 0.05) is 17.3 Å². The molecule has 3 aromatic rings. The fourth-order valence-corrected chi connectivity index (χ4v) is 4.18. The zero-order valence-electron chi connectivity index (χ0n) is 15.8. The molecule has 4 nitrogen and oxygen atoms in total. The van der Waals surface area contributed by atoms with Crippen LogP contribution in [-0.4, -0.2) is 41.2 Å². The third-order valence-electron chi connectivity index (χ3n) is 5.28. The first-order chi connectivity index (χ1) is 13.8. The van der Waals surface area contributed by atoms with Crippen molar-refractivity contribution in [2.24, 2.45) is 0 Å². The van der Waals surface area contributed by atoms with Crippen LogP contribution in [0.1, 0.15) is 17.2 Å². The van der Waals surface area contributed by atoms with Crippen LogP contribution in [0.3, 0.4) is 0 Å². The van der Waals surface area contributed by atoms with Crippen molar-refractivity contribution in [1.82, 2.24) is 9.88 Å². The first kappa shape index (κ1) is 18.6. The van der Waals surface area contributed by atoms with E-state index in [9.17, 15) is 0 Å². The molecular weight excluding hydrogens is 364 g/mol. The predicted molar refractivity (Wildman–Crippen MR) is 117 cm³/mol. The van der Waals surface area contributed by atoms with Crippen molar-refractivity contribution in [2.45, 2.75) is 6.04 Å². The van der Waals surface area contributed by atoms with E-state index in [1.54, 1.807) is 17.3 Å². The highest BCUT2D eigenvalue weighted by Gasteiger charge is 2.30. The van der Waals surface area contributed by atoms with Gasteiger partial charge in [0.2, 0.25) is 0 Å². The average Bonchev–Trinajstić information content (AvgIpc) is 2.77. The Morgan fingerprint density at radius 3 is 2.04 bits per heavy atom. The molecule has 0 atom stereocenters. The molecule has 2 aromatic carbocycles. The molecule has 2 heterocycles. The van der Waals surface area contributed by atoms with E-state index in [1.807, 2.05) is 12.1 Å². The molecule has 1 aliphatic heterocycles. The normalized spacial score (nSPS) is 14.8. The summed E-state index contributed by atoms with van der Waals surface area (Å²) in [5, 5.41) is 4.09. The van der Waals surface area contributed by atoms with E-state index >= 15 is 0 Å². The predicted octanol–water partition coefficient (Wildman–Crippen LogP) is 2.77. The van der Waals surface area contributed by atoms with Crippen molar-refractivity contribution in [3.63, 3.8) is 0 Å². The van der Waals surface area contributed by atoms with Crippen LogP contribution in [0, 0.1) is 0 Å². The third-order valence-corrected chi connectivity index (χ3v) is 5.64. The van der Waals surface area contributed by atoms with Gasteiger partial charge in [-0.05, 0) is 24.4 Å². The van der Waals surface area contributed by atoms with E-state index in [-0.39, 0.29) is 0 Å². The molecule has 0 unspecified atom stereocenters. The van der Waals surface area contributed by atoms with Gasteiger partial charge in [-0.3, -0.25) is 4.98 Å². The van der Waals surface area contributed by atoms with Crippen molar-refractivity contribution in [1.29, 1.82) is 0 Å². The molecule has 0 amide bonds. The highest BCUT2D eigenvalue weighted by molar-refractivity contribution is 7.80. The van der Waals surface area contributed by atoms with E-state index in [0.717, 1.165) is 37.0 Å². The molecule has 2 N–H and O–H groups in total. The first-order valence-electron chi connectivity index (χ1n) is 9.72. The van der Waals surface area contributed by atoms with Crippen LogP contribution in [0.2, 0.25) is 0 Å². The van der Waals surface area contributed by atoms with Crippen LogP contribution < -0.4 is 10.2 Å². The molecule has 5 heteroatoms. The molecule has 4 rings (SSSR count). The van der Waals surface area contributed by atoms with Crippen LogP contribution in [-0.2, 0) is 0 Å². The molecule has 0 bridgehead atoms. The summed E-state index contributed by atoms with van der Waals surface area (Å²) in [5.41, 5.74) is 3.68. The van der Waals surface area contributed by atoms with Gasteiger partial charge in [0.1, 0.15) is 6.04 Å². The summed E-state index contributed by atoms with van der Waals surface area (Å²) in [4.78, 5) is 7.98. The summed E-state index contributed by atoms with van der Waals surface area (Å²) >= 11 is 5.63. The van der Waals surface area contributed by atoms with Crippen molar-refractivity contribution in [2.75, 3.05) is 31.5 Å². The molecule has 1 fully saturated rings. The highest BCUT2D eigenvalue weighted by Crippen LogP contribution is 2.19. The topological polar surface area (TPSA) is 32.6 Å². The second-order valence-corrected chi connectivity index (χ2v) is 7.46. The van der Waals surface area contributed by atoms with Gasteiger partial charge in [-0.1, -0.05) is 60.7 Å². The second-order valence-electron chi connectivity index (χ2n) is 7.07. The Morgan fingerprint density at radius 2 is 1.50 bits per heavy atom. The van der Waals surface area contributed by atoms with E-state index in [4.69, 9.17) is 12.2 Å². The van der Waals surface area contributed by atoms with Crippen LogP contribution >= 0.6 is 12.2 Å². The Balaban J connectivity index is 1.45. The number of hydrogen-bond donors (Lipinski definition) is 2. The minimum absolute atomic E-state index is 0.351. The highest BCUT2D eigenvalue weighted by atomic mass is 32.1. The van der Waals surface area contributed by atoms with Gasteiger partial charge >= 0.3 is 0 Å². The molecule has 1 saturated heterocycles. The average molecular weight is 390 g/mol. The summed E-state index contributed by atoms with van der Waals surface area (Å²) < 4.78 is 0. The van der Waals surface area contributed by atoms with Crippen molar-refractivity contribution in [3.8, 4) is 0 Å². The number of benzene rings is 2. The molecule has 0 aliphatic carbocycles. The Morgan fingerprint density at radius 1 is 0.893 bits per heavy atom. The lowest BCUT2D eigenvalue weighted by Crippen LogP contribution is -3.15. The third kappa shape index (κ3) is 4.38. The smallest absolute Gasteiger partial charge is 0.173 e. The number of piperazine rings is 1. The Labute approximate surface area is 171 Å². The van der Waals surface area contributed by atoms with Crippen LogP contribution in [0.5, 0.6) is 0 Å². The van der Waals surface area contributed by atoms with Crippen LogP contribution in [0.4, 0.5) is 5.69 Å². The largest absolute Gasteiger partial charge is 0.338 e. The van der Waals surface area contributed by atoms with Crippen molar-refractivity contribution in [3.05, 3.63) is 96.3 Å². The number of anilines is 1. The van der Waals surface area contributed by atoms with Gasteiger partial charge < -0.3 is 15.1 Å². The maximum absolute atomic E-state index is 5.63. The zero-order chi connectivity index (χ0) is 19.2. The summed E-state index contributed by atoms with van der Waals surface area (Å²) in [6, 6.07) is 25.9. The van der Waals surface area contributed by atoms with E-state index in [2.05, 4.69) is 75.9 Å². The van der Waals surface area contributed by atoms with Gasteiger partial charge in [0.25, 0.3) is 0 Å². The van der Waals surface area contributed by atoms with E-state index in [0.29, 0.717) is 6.04 Å². The first-order valence-corrected chi connectivity index (χ1v) is 10.1. The van der Waals surface area contributed by atoms with Crippen LogP contribution in [0.15, 0.2) is 85.2 Å². The quantitative estimate of drug-likeness (QED) is 0.672. The number of thiocarbonyl (C=S) groups is 1. The summed E-state index contributed by atoms with van der Waals surface area (Å²) in [7, 11) is 0. The molecule has 0 saturated carbocycles. The van der Waals surface area contributed by atoms with Crippen LogP contribution in [0.25, 0.3) is 0 Å². The molecule has 142 valence electrons. The number of quaternary nitrogens is 1. The zero-order valence-corrected chi connectivity index (χ0v) is 16.6. The molecular formula is C23H25N4S+. The number of hydrogen-bond acceptors (Lipinski definition) is 2. The van der Waals surface area contributed by atoms with Gasteiger partial charge in [-0.15, -0.1) is 0 Å². The fraction of sp³-hybridized carbons (Fsp3) is 0.217. The lowest BCUT2D eigenvalue weighted by atomic mass is 9.96. The fourth-order valence-electron chi connectivity index (χ4n) is 3.88. The Hall–Kier alpha value is -2.76. The second kappa shape index (κ2) is 8.95. The summed E-state index contributed by atoms with van der Waals surface area (Å²) in [5.74, 6) is 0. The molecule has 1 aromatic heterocycles. The number of nitrogens with one attached hydrogen (secondary N) is 2. The monoisotopic (exact) mass is 389 g/mol. The summed E-state index contributed by atoms with van der Waals surface area (Å²) in [6.07, 6.45) is 3.57. The van der Waals surface area contributed by atoms with Gasteiger partial charge in [0.05, 0.1) is 38.1 Å². The Bertz CT molecular complexity index is 839. The number of aromatic nitrogens is 1.